The van der Waals surface area contributed by atoms with E-state index in [9.17, 15) is 19.5 Å². The third-order valence-electron chi connectivity index (χ3n) is 3.41. The van der Waals surface area contributed by atoms with E-state index in [2.05, 4.69) is 17.2 Å². The monoisotopic (exact) mass is 364 g/mol. The van der Waals surface area contributed by atoms with E-state index in [0.717, 1.165) is 5.56 Å². The van der Waals surface area contributed by atoms with Gasteiger partial charge < -0.3 is 25.6 Å². The highest BCUT2D eigenvalue weighted by Gasteiger charge is 2.21. The van der Waals surface area contributed by atoms with Crippen molar-refractivity contribution in [2.24, 2.45) is 0 Å². The number of carboxylic acid groups (broad SMARTS) is 1. The normalized spacial score (nSPS) is 12.5. The van der Waals surface area contributed by atoms with E-state index in [1.165, 1.54) is 0 Å². The molecule has 2 amide bonds. The second kappa shape index (κ2) is 11.6. The van der Waals surface area contributed by atoms with E-state index in [4.69, 9.17) is 9.84 Å². The third kappa shape index (κ3) is 8.84. The van der Waals surface area contributed by atoms with Gasteiger partial charge in [0, 0.05) is 6.54 Å². The molecule has 0 fully saturated rings. The highest BCUT2D eigenvalue weighted by atomic mass is 16.5. The summed E-state index contributed by atoms with van der Waals surface area (Å²) in [6.45, 7) is 3.40. The van der Waals surface area contributed by atoms with Crippen molar-refractivity contribution >= 4 is 18.0 Å². The predicted octanol–water partition coefficient (Wildman–Crippen LogP) is 1.20. The van der Waals surface area contributed by atoms with Crippen molar-refractivity contribution in [2.75, 3.05) is 6.54 Å². The Kier molecular flexibility index (Phi) is 9.48. The number of carbonyl (C=O) groups excluding carboxylic acids is 2. The van der Waals surface area contributed by atoms with Crippen LogP contribution in [0.3, 0.4) is 0 Å². The van der Waals surface area contributed by atoms with Gasteiger partial charge in [0.15, 0.2) is 0 Å². The zero-order valence-corrected chi connectivity index (χ0v) is 14.4. The molecular weight excluding hydrogens is 340 g/mol. The van der Waals surface area contributed by atoms with Gasteiger partial charge in [0.2, 0.25) is 5.91 Å². The smallest absolute Gasteiger partial charge is 0.407 e. The van der Waals surface area contributed by atoms with Crippen LogP contribution < -0.4 is 10.6 Å². The first-order valence-electron chi connectivity index (χ1n) is 8.18. The van der Waals surface area contributed by atoms with Gasteiger partial charge in [0.05, 0.1) is 12.5 Å². The summed E-state index contributed by atoms with van der Waals surface area (Å²) in [5.41, 5.74) is 0.821. The first-order valence-corrected chi connectivity index (χ1v) is 8.18. The molecule has 0 bridgehead atoms. The number of amides is 2. The van der Waals surface area contributed by atoms with Gasteiger partial charge in [-0.2, -0.15) is 0 Å². The lowest BCUT2D eigenvalue weighted by Crippen LogP contribution is -2.43. The van der Waals surface area contributed by atoms with Crippen LogP contribution in [-0.2, 0) is 20.9 Å². The van der Waals surface area contributed by atoms with Gasteiger partial charge in [0.1, 0.15) is 12.6 Å². The lowest BCUT2D eigenvalue weighted by molar-refractivity contribution is -0.142. The number of allylic oxidation sites excluding steroid dienone is 1. The van der Waals surface area contributed by atoms with Crippen LogP contribution in [0.2, 0.25) is 0 Å². The second-order valence-electron chi connectivity index (χ2n) is 5.62. The molecule has 0 spiro atoms. The zero-order valence-electron chi connectivity index (χ0n) is 14.4. The van der Waals surface area contributed by atoms with Gasteiger partial charge in [-0.1, -0.05) is 36.4 Å². The fraction of sp³-hybridized carbons (Fsp3) is 0.389. The Balaban J connectivity index is 2.28. The summed E-state index contributed by atoms with van der Waals surface area (Å²) in [4.78, 5) is 34.4. The van der Waals surface area contributed by atoms with E-state index in [1.54, 1.807) is 18.2 Å². The molecule has 1 aromatic carbocycles. The summed E-state index contributed by atoms with van der Waals surface area (Å²) >= 11 is 0. The first-order chi connectivity index (χ1) is 12.4. The zero-order chi connectivity index (χ0) is 19.4. The van der Waals surface area contributed by atoms with E-state index in [0.29, 0.717) is 6.42 Å². The first kappa shape index (κ1) is 21.2. The lowest BCUT2D eigenvalue weighted by atomic mass is 10.1. The molecule has 0 aliphatic carbocycles. The molecule has 0 aliphatic heterocycles. The van der Waals surface area contributed by atoms with Crippen LogP contribution in [0, 0.1) is 0 Å². The summed E-state index contributed by atoms with van der Waals surface area (Å²) in [5, 5.41) is 23.5. The largest absolute Gasteiger partial charge is 0.480 e. The molecule has 8 heteroatoms. The van der Waals surface area contributed by atoms with Crippen molar-refractivity contribution in [3.05, 3.63) is 48.6 Å². The maximum Gasteiger partial charge on any atom is 0.407 e. The van der Waals surface area contributed by atoms with Crippen LogP contribution in [0.1, 0.15) is 24.8 Å². The van der Waals surface area contributed by atoms with Crippen molar-refractivity contribution in [2.45, 2.75) is 38.0 Å². The number of aliphatic hydroxyl groups is 1. The number of hydrogen-bond donors (Lipinski definition) is 4. The fourth-order valence-corrected chi connectivity index (χ4v) is 2.06. The number of aliphatic hydroxyl groups excluding tert-OH is 1. The molecule has 4 N–H and O–H groups in total. The molecule has 1 rings (SSSR count). The fourth-order valence-electron chi connectivity index (χ4n) is 2.06. The highest BCUT2D eigenvalue weighted by molar-refractivity contribution is 5.83. The Morgan fingerprint density at radius 3 is 2.54 bits per heavy atom. The summed E-state index contributed by atoms with van der Waals surface area (Å²) < 4.78 is 4.97. The quantitative estimate of drug-likeness (QED) is 0.437. The molecular formula is C18H24N2O6. The minimum Gasteiger partial charge on any atom is -0.480 e. The third-order valence-corrected chi connectivity index (χ3v) is 3.41. The standard InChI is InChI=1S/C18H24N2O6/c1-2-3-9-15(17(23)24)20-16(22)10-14(21)11-19-18(25)26-12-13-7-5-4-6-8-13/h2,4-8,14-15,21H,1,3,9-12H2,(H,19,25)(H,20,22)(H,23,24)/t14-,15-/m1/s1. The molecule has 0 radical (unpaired) electrons. The molecule has 0 aliphatic rings. The SMILES string of the molecule is C=CCC[C@@H](NC(=O)C[C@@H](O)CNC(=O)OCc1ccccc1)C(=O)O. The minimum atomic E-state index is -1.16. The maximum atomic E-state index is 11.8. The average Bonchev–Trinajstić information content (AvgIpc) is 2.62. The lowest BCUT2D eigenvalue weighted by Gasteiger charge is -2.16. The summed E-state index contributed by atoms with van der Waals surface area (Å²) in [5.74, 6) is -1.77. The molecule has 0 saturated carbocycles. The number of benzene rings is 1. The van der Waals surface area contributed by atoms with Crippen LogP contribution in [-0.4, -0.2) is 46.9 Å². The second-order valence-corrected chi connectivity index (χ2v) is 5.62. The van der Waals surface area contributed by atoms with Gasteiger partial charge in [0.25, 0.3) is 0 Å². The number of carboxylic acids is 1. The van der Waals surface area contributed by atoms with Crippen molar-refractivity contribution in [1.29, 1.82) is 0 Å². The number of hydrogen-bond acceptors (Lipinski definition) is 5. The van der Waals surface area contributed by atoms with Crippen molar-refractivity contribution in [3.63, 3.8) is 0 Å². The summed E-state index contributed by atoms with van der Waals surface area (Å²) in [7, 11) is 0. The van der Waals surface area contributed by atoms with Crippen molar-refractivity contribution in [3.8, 4) is 0 Å². The molecule has 8 nitrogen and oxygen atoms in total. The molecule has 0 aromatic heterocycles. The number of aliphatic carboxylic acids is 1. The molecule has 0 unspecified atom stereocenters. The minimum absolute atomic E-state index is 0.0901. The van der Waals surface area contributed by atoms with Crippen LogP contribution in [0.15, 0.2) is 43.0 Å². The van der Waals surface area contributed by atoms with Gasteiger partial charge in [-0.05, 0) is 18.4 Å². The van der Waals surface area contributed by atoms with Gasteiger partial charge >= 0.3 is 12.1 Å². The summed E-state index contributed by atoms with van der Waals surface area (Å²) in [6, 6.07) is 8.04. The number of rotatable bonds is 11. The van der Waals surface area contributed by atoms with E-state index >= 15 is 0 Å². The molecule has 142 valence electrons. The number of carbonyl (C=O) groups is 3. The van der Waals surface area contributed by atoms with E-state index in [-0.39, 0.29) is 26.0 Å². The maximum absolute atomic E-state index is 11.8. The molecule has 1 aromatic rings. The Hall–Kier alpha value is -2.87. The Morgan fingerprint density at radius 1 is 1.23 bits per heavy atom. The number of ether oxygens (including phenoxy) is 1. The van der Waals surface area contributed by atoms with E-state index < -0.39 is 30.1 Å². The van der Waals surface area contributed by atoms with Crippen molar-refractivity contribution in [1.82, 2.24) is 10.6 Å². The van der Waals surface area contributed by atoms with Gasteiger partial charge in [-0.15, -0.1) is 6.58 Å². The Morgan fingerprint density at radius 2 is 1.92 bits per heavy atom. The average molecular weight is 364 g/mol. The highest BCUT2D eigenvalue weighted by Crippen LogP contribution is 2.02. The van der Waals surface area contributed by atoms with Crippen LogP contribution in [0.25, 0.3) is 0 Å². The van der Waals surface area contributed by atoms with Gasteiger partial charge in [-0.3, -0.25) is 4.79 Å². The molecule has 0 heterocycles. The van der Waals surface area contributed by atoms with Crippen molar-refractivity contribution < 1.29 is 29.3 Å². The number of nitrogens with one attached hydrogen (secondary N) is 2. The van der Waals surface area contributed by atoms with Crippen LogP contribution in [0.5, 0.6) is 0 Å². The number of alkyl carbamates (subject to hydrolysis) is 1. The van der Waals surface area contributed by atoms with Crippen LogP contribution >= 0.6 is 0 Å². The Bertz CT molecular complexity index is 605. The molecule has 2 atom stereocenters. The van der Waals surface area contributed by atoms with E-state index in [1.807, 2.05) is 18.2 Å². The van der Waals surface area contributed by atoms with Gasteiger partial charge in [-0.25, -0.2) is 9.59 Å². The predicted molar refractivity (Wildman–Crippen MR) is 94.3 cm³/mol. The Labute approximate surface area is 151 Å². The molecule has 0 saturated heterocycles. The molecule has 26 heavy (non-hydrogen) atoms. The topological polar surface area (TPSA) is 125 Å². The van der Waals surface area contributed by atoms with Crippen LogP contribution in [0.4, 0.5) is 4.79 Å². The summed E-state index contributed by atoms with van der Waals surface area (Å²) in [6.07, 6.45) is -0.00575.